The van der Waals surface area contributed by atoms with Crippen LogP contribution in [0.15, 0.2) is 42.5 Å². The maximum atomic E-state index is 10.5. The van der Waals surface area contributed by atoms with Crippen molar-refractivity contribution in [2.45, 2.75) is 24.9 Å². The number of ether oxygens (including phenoxy) is 2. The second-order valence-corrected chi connectivity index (χ2v) is 5.75. The fraction of sp³-hybridized carbons (Fsp3) is 0.333. The van der Waals surface area contributed by atoms with Gasteiger partial charge in [-0.15, -0.1) is 0 Å². The largest absolute Gasteiger partial charge is 0.486 e. The van der Waals surface area contributed by atoms with Crippen LogP contribution in [0.3, 0.4) is 0 Å². The van der Waals surface area contributed by atoms with E-state index in [1.807, 2.05) is 18.2 Å². The number of fused-ring (bicyclic) bond motifs is 2. The lowest BCUT2D eigenvalue weighted by molar-refractivity contribution is 0.149. The van der Waals surface area contributed by atoms with Gasteiger partial charge in [0.2, 0.25) is 0 Å². The molecule has 0 aromatic heterocycles. The van der Waals surface area contributed by atoms with E-state index in [4.69, 9.17) is 9.47 Å². The van der Waals surface area contributed by atoms with E-state index in [1.54, 1.807) is 0 Å². The highest BCUT2D eigenvalue weighted by molar-refractivity contribution is 5.45. The molecule has 21 heavy (non-hydrogen) atoms. The summed E-state index contributed by atoms with van der Waals surface area (Å²) in [6, 6.07) is 14.2. The van der Waals surface area contributed by atoms with Gasteiger partial charge in [-0.05, 0) is 47.6 Å². The number of aliphatic hydroxyl groups is 1. The zero-order chi connectivity index (χ0) is 14.2. The molecule has 0 bridgehead atoms. The Morgan fingerprint density at radius 2 is 1.86 bits per heavy atom. The van der Waals surface area contributed by atoms with Crippen molar-refractivity contribution >= 4 is 0 Å². The van der Waals surface area contributed by atoms with E-state index in [2.05, 4.69) is 24.3 Å². The quantitative estimate of drug-likeness (QED) is 0.939. The Hall–Kier alpha value is -2.00. The molecule has 0 spiro atoms. The molecule has 0 amide bonds. The smallest absolute Gasteiger partial charge is 0.161 e. The molecule has 2 aliphatic rings. The third-order valence-corrected chi connectivity index (χ3v) is 4.42. The van der Waals surface area contributed by atoms with Gasteiger partial charge in [0.05, 0.1) is 6.10 Å². The van der Waals surface area contributed by atoms with Crippen molar-refractivity contribution in [2.75, 3.05) is 13.2 Å². The van der Waals surface area contributed by atoms with E-state index >= 15 is 0 Å². The van der Waals surface area contributed by atoms with Crippen molar-refractivity contribution in [2.24, 2.45) is 0 Å². The minimum Gasteiger partial charge on any atom is -0.486 e. The van der Waals surface area contributed by atoms with Crippen LogP contribution in [-0.4, -0.2) is 18.3 Å². The molecule has 3 nitrogen and oxygen atoms in total. The molecule has 1 N–H and O–H groups in total. The highest BCUT2D eigenvalue weighted by Gasteiger charge is 2.28. The Morgan fingerprint density at radius 1 is 1.05 bits per heavy atom. The lowest BCUT2D eigenvalue weighted by atomic mass is 9.74. The summed E-state index contributed by atoms with van der Waals surface area (Å²) in [5.74, 6) is 1.97. The van der Waals surface area contributed by atoms with Gasteiger partial charge in [-0.3, -0.25) is 0 Å². The van der Waals surface area contributed by atoms with Gasteiger partial charge in [0.25, 0.3) is 0 Å². The number of hydrogen-bond donors (Lipinski definition) is 1. The Labute approximate surface area is 124 Å². The molecule has 4 rings (SSSR count). The lowest BCUT2D eigenvalue weighted by Crippen LogP contribution is -2.19. The van der Waals surface area contributed by atoms with Crippen molar-refractivity contribution in [3.05, 3.63) is 59.2 Å². The molecule has 1 aliphatic carbocycles. The zero-order valence-electron chi connectivity index (χ0n) is 11.8. The summed E-state index contributed by atoms with van der Waals surface area (Å²) < 4.78 is 11.1. The predicted molar refractivity (Wildman–Crippen MR) is 79.9 cm³/mol. The van der Waals surface area contributed by atoms with E-state index in [0.29, 0.717) is 19.1 Å². The summed E-state index contributed by atoms with van der Waals surface area (Å²) in [6.45, 7) is 1.16. The van der Waals surface area contributed by atoms with Gasteiger partial charge in [0.1, 0.15) is 13.2 Å². The highest BCUT2D eigenvalue weighted by Crippen LogP contribution is 2.41. The molecular weight excluding hydrogens is 264 g/mol. The molecule has 0 fully saturated rings. The van der Waals surface area contributed by atoms with Crippen molar-refractivity contribution in [1.29, 1.82) is 0 Å². The summed E-state index contributed by atoms with van der Waals surface area (Å²) in [6.07, 6.45) is 1.37. The molecule has 2 unspecified atom stereocenters. The second-order valence-electron chi connectivity index (χ2n) is 5.75. The standard InChI is InChI=1S/C18H18O3/c19-16(10-14-9-12-3-1-2-4-15(12)14)13-5-6-17-18(11-13)21-8-7-20-17/h1-6,11,14,16,19H,7-10H2. The van der Waals surface area contributed by atoms with Crippen LogP contribution in [-0.2, 0) is 6.42 Å². The van der Waals surface area contributed by atoms with E-state index in [9.17, 15) is 5.11 Å². The molecule has 0 saturated carbocycles. The Kier molecular flexibility index (Phi) is 3.08. The third kappa shape index (κ3) is 2.28. The van der Waals surface area contributed by atoms with Gasteiger partial charge in [-0.1, -0.05) is 30.3 Å². The van der Waals surface area contributed by atoms with Crippen LogP contribution in [0.4, 0.5) is 0 Å². The molecule has 3 heteroatoms. The van der Waals surface area contributed by atoms with Gasteiger partial charge in [0.15, 0.2) is 11.5 Å². The van der Waals surface area contributed by atoms with E-state index < -0.39 is 6.10 Å². The summed E-state index contributed by atoms with van der Waals surface area (Å²) in [7, 11) is 0. The predicted octanol–water partition coefficient (Wildman–Crippen LogP) is 3.22. The van der Waals surface area contributed by atoms with Crippen LogP contribution in [0.2, 0.25) is 0 Å². The first-order valence-electron chi connectivity index (χ1n) is 7.46. The van der Waals surface area contributed by atoms with Crippen LogP contribution in [0.25, 0.3) is 0 Å². The highest BCUT2D eigenvalue weighted by atomic mass is 16.6. The summed E-state index contributed by atoms with van der Waals surface area (Å²) in [5.41, 5.74) is 3.70. The first-order valence-corrected chi connectivity index (χ1v) is 7.46. The molecule has 2 atom stereocenters. The average Bonchev–Trinajstić information content (AvgIpc) is 2.52. The molecule has 0 saturated heterocycles. The number of rotatable bonds is 3. The summed E-state index contributed by atoms with van der Waals surface area (Å²) in [5, 5.41) is 10.5. The maximum Gasteiger partial charge on any atom is 0.161 e. The van der Waals surface area contributed by atoms with E-state index in [-0.39, 0.29) is 0 Å². The monoisotopic (exact) mass is 282 g/mol. The first-order chi connectivity index (χ1) is 10.3. The van der Waals surface area contributed by atoms with Crippen molar-refractivity contribution < 1.29 is 14.6 Å². The van der Waals surface area contributed by atoms with Crippen LogP contribution < -0.4 is 9.47 Å². The molecular formula is C18H18O3. The van der Waals surface area contributed by atoms with Crippen molar-refractivity contribution in [3.63, 3.8) is 0 Å². The Balaban J connectivity index is 1.50. The van der Waals surface area contributed by atoms with Crippen molar-refractivity contribution in [1.82, 2.24) is 0 Å². The fourth-order valence-electron chi connectivity index (χ4n) is 3.25. The lowest BCUT2D eigenvalue weighted by Gasteiger charge is -2.32. The summed E-state index contributed by atoms with van der Waals surface area (Å²) >= 11 is 0. The molecule has 108 valence electrons. The van der Waals surface area contributed by atoms with Crippen LogP contribution in [0.5, 0.6) is 11.5 Å². The van der Waals surface area contributed by atoms with Gasteiger partial charge < -0.3 is 14.6 Å². The van der Waals surface area contributed by atoms with E-state index in [0.717, 1.165) is 29.9 Å². The topological polar surface area (TPSA) is 38.7 Å². The summed E-state index contributed by atoms with van der Waals surface area (Å²) in [4.78, 5) is 0. The Bertz CT molecular complexity index is 665. The first kappa shape index (κ1) is 12.7. The molecule has 2 aromatic carbocycles. The second kappa shape index (κ2) is 5.08. The number of hydrogen-bond acceptors (Lipinski definition) is 3. The molecule has 0 radical (unpaired) electrons. The van der Waals surface area contributed by atoms with Crippen LogP contribution in [0, 0.1) is 0 Å². The normalized spacial score (nSPS) is 20.3. The Morgan fingerprint density at radius 3 is 2.71 bits per heavy atom. The zero-order valence-corrected chi connectivity index (χ0v) is 11.8. The van der Waals surface area contributed by atoms with Gasteiger partial charge in [-0.25, -0.2) is 0 Å². The van der Waals surface area contributed by atoms with Crippen molar-refractivity contribution in [3.8, 4) is 11.5 Å². The number of aliphatic hydroxyl groups excluding tert-OH is 1. The fourth-order valence-corrected chi connectivity index (χ4v) is 3.25. The SMILES string of the molecule is OC(CC1Cc2ccccc21)c1ccc2c(c1)OCCO2. The maximum absolute atomic E-state index is 10.5. The minimum atomic E-state index is -0.459. The molecule has 1 aliphatic heterocycles. The van der Waals surface area contributed by atoms with Crippen LogP contribution in [0.1, 0.15) is 35.1 Å². The average molecular weight is 282 g/mol. The number of benzene rings is 2. The van der Waals surface area contributed by atoms with Crippen LogP contribution >= 0.6 is 0 Å². The minimum absolute atomic E-state index is 0.459. The molecule has 2 aromatic rings. The molecule has 1 heterocycles. The van der Waals surface area contributed by atoms with Gasteiger partial charge in [0, 0.05) is 0 Å². The van der Waals surface area contributed by atoms with Gasteiger partial charge >= 0.3 is 0 Å². The third-order valence-electron chi connectivity index (χ3n) is 4.42. The van der Waals surface area contributed by atoms with E-state index in [1.165, 1.54) is 11.1 Å². The van der Waals surface area contributed by atoms with Gasteiger partial charge in [-0.2, -0.15) is 0 Å².